The Morgan fingerprint density at radius 2 is 1.86 bits per heavy atom. The highest BCUT2D eigenvalue weighted by Gasteiger charge is 2.31. The van der Waals surface area contributed by atoms with Crippen LogP contribution in [0.3, 0.4) is 0 Å². The summed E-state index contributed by atoms with van der Waals surface area (Å²) in [6.07, 6.45) is -3.83. The van der Waals surface area contributed by atoms with Crippen LogP contribution in [0.4, 0.5) is 13.2 Å². The van der Waals surface area contributed by atoms with Gasteiger partial charge in [-0.3, -0.25) is 9.59 Å². The number of amides is 2. The van der Waals surface area contributed by atoms with Gasteiger partial charge in [-0.1, -0.05) is 12.1 Å². The van der Waals surface area contributed by atoms with Crippen molar-refractivity contribution in [3.05, 3.63) is 35.4 Å². The zero-order valence-corrected chi connectivity index (χ0v) is 11.2. The van der Waals surface area contributed by atoms with E-state index in [0.717, 1.165) is 12.1 Å². The highest BCUT2D eigenvalue weighted by molar-refractivity contribution is 5.82. The van der Waals surface area contributed by atoms with Crippen molar-refractivity contribution in [2.75, 3.05) is 13.1 Å². The van der Waals surface area contributed by atoms with Crippen LogP contribution in [0.15, 0.2) is 24.3 Å². The lowest BCUT2D eigenvalue weighted by Crippen LogP contribution is -2.32. The lowest BCUT2D eigenvalue weighted by Gasteiger charge is -2.16. The van der Waals surface area contributed by atoms with Crippen LogP contribution < -0.4 is 5.73 Å². The Labute approximate surface area is 119 Å². The van der Waals surface area contributed by atoms with Crippen molar-refractivity contribution in [3.63, 3.8) is 0 Å². The molecule has 1 heterocycles. The Bertz CT molecular complexity index is 540. The van der Waals surface area contributed by atoms with E-state index in [-0.39, 0.29) is 24.8 Å². The highest BCUT2D eigenvalue weighted by atomic mass is 19.4. The molecule has 1 fully saturated rings. The van der Waals surface area contributed by atoms with Gasteiger partial charge in [0.1, 0.15) is 0 Å². The number of alkyl halides is 3. The number of carbonyl (C=O) groups excluding carboxylic acids is 2. The molecule has 0 aromatic heterocycles. The van der Waals surface area contributed by atoms with Gasteiger partial charge in [-0.2, -0.15) is 13.2 Å². The van der Waals surface area contributed by atoms with Gasteiger partial charge in [0.05, 0.1) is 17.9 Å². The second-order valence-corrected chi connectivity index (χ2v) is 5.10. The largest absolute Gasteiger partial charge is 0.416 e. The number of carbonyl (C=O) groups is 2. The molecule has 0 bridgehead atoms. The predicted molar refractivity (Wildman–Crippen MR) is 69.0 cm³/mol. The molecule has 1 aromatic carbocycles. The van der Waals surface area contributed by atoms with Crippen molar-refractivity contribution >= 4 is 11.8 Å². The number of halogens is 3. The Hall–Kier alpha value is -2.05. The molecule has 0 saturated carbocycles. The zero-order valence-electron chi connectivity index (χ0n) is 11.2. The molecule has 2 amide bonds. The van der Waals surface area contributed by atoms with E-state index in [1.807, 2.05) is 0 Å². The molecule has 0 spiro atoms. The van der Waals surface area contributed by atoms with Crippen molar-refractivity contribution in [1.82, 2.24) is 4.90 Å². The first-order chi connectivity index (χ1) is 9.77. The fourth-order valence-electron chi connectivity index (χ4n) is 2.32. The summed E-state index contributed by atoms with van der Waals surface area (Å²) in [5.41, 5.74) is 4.95. The molecule has 0 radical (unpaired) electrons. The average molecular weight is 300 g/mol. The van der Waals surface area contributed by atoms with Crippen LogP contribution in [-0.4, -0.2) is 29.8 Å². The summed E-state index contributed by atoms with van der Waals surface area (Å²) in [5, 5.41) is 0. The summed E-state index contributed by atoms with van der Waals surface area (Å²) in [7, 11) is 0. The van der Waals surface area contributed by atoms with E-state index in [1.54, 1.807) is 0 Å². The summed E-state index contributed by atoms with van der Waals surface area (Å²) in [4.78, 5) is 24.6. The van der Waals surface area contributed by atoms with Crippen LogP contribution in [0.5, 0.6) is 0 Å². The van der Waals surface area contributed by atoms with Crippen LogP contribution in [0, 0.1) is 5.92 Å². The maximum absolute atomic E-state index is 12.4. The molecule has 114 valence electrons. The monoisotopic (exact) mass is 300 g/mol. The number of benzene rings is 1. The summed E-state index contributed by atoms with van der Waals surface area (Å²) < 4.78 is 37.3. The lowest BCUT2D eigenvalue weighted by molar-refractivity contribution is -0.137. The van der Waals surface area contributed by atoms with E-state index in [9.17, 15) is 22.8 Å². The molecular formula is C14H15F3N2O2. The highest BCUT2D eigenvalue weighted by Crippen LogP contribution is 2.29. The zero-order chi connectivity index (χ0) is 15.6. The molecule has 0 aliphatic carbocycles. The van der Waals surface area contributed by atoms with Crippen molar-refractivity contribution in [1.29, 1.82) is 0 Å². The van der Waals surface area contributed by atoms with E-state index in [1.165, 1.54) is 17.0 Å². The third-order valence-corrected chi connectivity index (χ3v) is 3.58. The van der Waals surface area contributed by atoms with E-state index in [2.05, 4.69) is 0 Å². The van der Waals surface area contributed by atoms with Crippen molar-refractivity contribution in [3.8, 4) is 0 Å². The van der Waals surface area contributed by atoms with Crippen molar-refractivity contribution in [2.24, 2.45) is 11.7 Å². The van der Waals surface area contributed by atoms with Gasteiger partial charge in [0.15, 0.2) is 0 Å². The smallest absolute Gasteiger partial charge is 0.369 e. The minimum atomic E-state index is -4.38. The van der Waals surface area contributed by atoms with E-state index in [4.69, 9.17) is 5.73 Å². The topological polar surface area (TPSA) is 63.4 Å². The first kappa shape index (κ1) is 15.3. The maximum Gasteiger partial charge on any atom is 0.416 e. The molecule has 1 aliphatic rings. The Balaban J connectivity index is 1.96. The number of hydrogen-bond donors (Lipinski definition) is 1. The molecular weight excluding hydrogens is 285 g/mol. The van der Waals surface area contributed by atoms with Gasteiger partial charge in [-0.05, 0) is 24.1 Å². The predicted octanol–water partition coefficient (Wildman–Crippen LogP) is 1.58. The van der Waals surface area contributed by atoms with Gasteiger partial charge in [0.25, 0.3) is 0 Å². The normalized spacial score (nSPS) is 18.8. The van der Waals surface area contributed by atoms with Crippen LogP contribution >= 0.6 is 0 Å². The number of primary amides is 1. The van der Waals surface area contributed by atoms with Gasteiger partial charge in [-0.25, -0.2) is 0 Å². The second-order valence-electron chi connectivity index (χ2n) is 5.10. The summed E-state index contributed by atoms with van der Waals surface area (Å²) in [5.74, 6) is -0.972. The molecule has 1 atom stereocenters. The molecule has 1 saturated heterocycles. The van der Waals surface area contributed by atoms with Gasteiger partial charge in [0.2, 0.25) is 11.8 Å². The van der Waals surface area contributed by atoms with Crippen LogP contribution in [0.2, 0.25) is 0 Å². The summed E-state index contributed by atoms with van der Waals surface area (Å²) >= 11 is 0. The number of nitrogens with two attached hydrogens (primary N) is 1. The van der Waals surface area contributed by atoms with Crippen LogP contribution in [0.25, 0.3) is 0 Å². The minimum absolute atomic E-state index is 0.0175. The fraction of sp³-hybridized carbons (Fsp3) is 0.429. The Morgan fingerprint density at radius 3 is 2.33 bits per heavy atom. The molecule has 4 nitrogen and oxygen atoms in total. The summed E-state index contributed by atoms with van der Waals surface area (Å²) in [6.45, 7) is 0.738. The molecule has 0 unspecified atom stereocenters. The van der Waals surface area contributed by atoms with Crippen LogP contribution in [-0.2, 0) is 22.2 Å². The Morgan fingerprint density at radius 1 is 1.24 bits per heavy atom. The quantitative estimate of drug-likeness (QED) is 0.921. The van der Waals surface area contributed by atoms with Crippen LogP contribution in [0.1, 0.15) is 17.5 Å². The van der Waals surface area contributed by atoms with Gasteiger partial charge in [0, 0.05) is 13.1 Å². The molecule has 21 heavy (non-hydrogen) atoms. The molecule has 1 aliphatic heterocycles. The van der Waals surface area contributed by atoms with Gasteiger partial charge in [-0.15, -0.1) is 0 Å². The standard InChI is InChI=1S/C14H15F3N2O2/c15-14(16,17)11-3-1-9(2-4-11)7-12(20)19-6-5-10(8-19)13(18)21/h1-4,10H,5-8H2,(H2,18,21)/t10-/m0/s1. The molecule has 7 heteroatoms. The van der Waals surface area contributed by atoms with Crippen molar-refractivity contribution in [2.45, 2.75) is 19.0 Å². The molecule has 2 N–H and O–H groups in total. The SMILES string of the molecule is NC(=O)[C@H]1CCN(C(=O)Cc2ccc(C(F)(F)F)cc2)C1. The number of nitrogens with zero attached hydrogens (tertiary/aromatic N) is 1. The fourth-order valence-corrected chi connectivity index (χ4v) is 2.32. The first-order valence-electron chi connectivity index (χ1n) is 6.50. The lowest BCUT2D eigenvalue weighted by atomic mass is 10.1. The minimum Gasteiger partial charge on any atom is -0.369 e. The molecule has 1 aromatic rings. The first-order valence-corrected chi connectivity index (χ1v) is 6.50. The third-order valence-electron chi connectivity index (χ3n) is 3.58. The van der Waals surface area contributed by atoms with Gasteiger partial charge >= 0.3 is 6.18 Å². The number of likely N-dealkylation sites (tertiary alicyclic amines) is 1. The molecule has 2 rings (SSSR count). The van der Waals surface area contributed by atoms with E-state index in [0.29, 0.717) is 18.5 Å². The maximum atomic E-state index is 12.4. The van der Waals surface area contributed by atoms with Crippen molar-refractivity contribution < 1.29 is 22.8 Å². The van der Waals surface area contributed by atoms with E-state index < -0.39 is 17.6 Å². The Kier molecular flexibility index (Phi) is 4.20. The van der Waals surface area contributed by atoms with Gasteiger partial charge < -0.3 is 10.6 Å². The summed E-state index contributed by atoms with van der Waals surface area (Å²) in [6, 6.07) is 4.50. The number of hydrogen-bond acceptors (Lipinski definition) is 2. The second kappa shape index (κ2) is 5.75. The average Bonchev–Trinajstić information content (AvgIpc) is 2.88. The van der Waals surface area contributed by atoms with E-state index >= 15 is 0 Å². The third kappa shape index (κ3) is 3.74. The number of rotatable bonds is 3.